The van der Waals surface area contributed by atoms with Crippen LogP contribution in [-0.4, -0.2) is 26.2 Å². The number of methoxy groups -OCH3 is 1. The Hall–Kier alpha value is -1.55. The van der Waals surface area contributed by atoms with Crippen molar-refractivity contribution in [2.24, 2.45) is 4.99 Å². The number of hydrogen-bond donors (Lipinski definition) is 2. The number of ether oxygens (including phenoxy) is 1. The van der Waals surface area contributed by atoms with Gasteiger partial charge in [0.05, 0.1) is 6.61 Å². The maximum absolute atomic E-state index is 5.08. The van der Waals surface area contributed by atoms with E-state index in [4.69, 9.17) is 4.74 Å². The predicted octanol–water partition coefficient (Wildman–Crippen LogP) is 1.91. The van der Waals surface area contributed by atoms with Crippen LogP contribution in [0.5, 0.6) is 0 Å². The van der Waals surface area contributed by atoms with E-state index in [1.54, 1.807) is 14.2 Å². The van der Waals surface area contributed by atoms with Crippen molar-refractivity contribution in [3.8, 4) is 0 Å². The molecule has 4 heteroatoms. The molecule has 0 bridgehead atoms. The lowest BCUT2D eigenvalue weighted by molar-refractivity contribution is 0.185. The van der Waals surface area contributed by atoms with E-state index >= 15 is 0 Å². The first kappa shape index (κ1) is 14.5. The molecule has 0 unspecified atom stereocenters. The molecule has 0 atom stereocenters. The second-order valence-corrected chi connectivity index (χ2v) is 4.47. The van der Waals surface area contributed by atoms with Gasteiger partial charge < -0.3 is 15.4 Å². The second kappa shape index (κ2) is 7.71. The summed E-state index contributed by atoms with van der Waals surface area (Å²) in [5.41, 5.74) is 2.41. The molecule has 0 radical (unpaired) electrons. The lowest BCUT2D eigenvalue weighted by Crippen LogP contribution is -2.40. The Morgan fingerprint density at radius 1 is 1.22 bits per heavy atom. The Morgan fingerprint density at radius 3 is 2.33 bits per heavy atom. The first-order valence-corrected chi connectivity index (χ1v) is 6.19. The molecule has 0 heterocycles. The van der Waals surface area contributed by atoms with Crippen LogP contribution in [0.2, 0.25) is 0 Å². The van der Waals surface area contributed by atoms with Gasteiger partial charge in [-0.25, -0.2) is 0 Å². The standard InChI is InChI=1S/C14H23N3O/c1-11(2)17-14(15-3)16-9-12-5-7-13(8-6-12)10-18-4/h5-8,11H,9-10H2,1-4H3,(H2,15,16,17). The van der Waals surface area contributed by atoms with Gasteiger partial charge in [0.2, 0.25) is 0 Å². The zero-order valence-corrected chi connectivity index (χ0v) is 11.7. The molecule has 0 saturated carbocycles. The largest absolute Gasteiger partial charge is 0.380 e. The van der Waals surface area contributed by atoms with Crippen LogP contribution in [0.15, 0.2) is 29.3 Å². The van der Waals surface area contributed by atoms with E-state index in [0.717, 1.165) is 12.5 Å². The van der Waals surface area contributed by atoms with Crippen molar-refractivity contribution in [3.05, 3.63) is 35.4 Å². The minimum Gasteiger partial charge on any atom is -0.380 e. The van der Waals surface area contributed by atoms with Crippen LogP contribution in [0.3, 0.4) is 0 Å². The number of aliphatic imine (C=N–C) groups is 1. The van der Waals surface area contributed by atoms with Crippen LogP contribution in [0.25, 0.3) is 0 Å². The van der Waals surface area contributed by atoms with Crippen LogP contribution >= 0.6 is 0 Å². The Labute approximate surface area is 109 Å². The fraction of sp³-hybridized carbons (Fsp3) is 0.500. The number of hydrogen-bond acceptors (Lipinski definition) is 2. The van der Waals surface area contributed by atoms with E-state index in [0.29, 0.717) is 12.6 Å². The molecule has 2 N–H and O–H groups in total. The van der Waals surface area contributed by atoms with Crippen molar-refractivity contribution in [1.82, 2.24) is 10.6 Å². The molecule has 0 fully saturated rings. The summed E-state index contributed by atoms with van der Waals surface area (Å²) >= 11 is 0. The van der Waals surface area contributed by atoms with Crippen LogP contribution in [0, 0.1) is 0 Å². The topological polar surface area (TPSA) is 45.7 Å². The molecule has 1 aromatic carbocycles. The Kier molecular flexibility index (Phi) is 6.22. The van der Waals surface area contributed by atoms with Gasteiger partial charge in [0.25, 0.3) is 0 Å². The maximum atomic E-state index is 5.08. The summed E-state index contributed by atoms with van der Waals surface area (Å²) in [6.45, 7) is 5.60. The average Bonchev–Trinajstić information content (AvgIpc) is 2.36. The summed E-state index contributed by atoms with van der Waals surface area (Å²) in [5.74, 6) is 0.825. The molecule has 100 valence electrons. The minimum atomic E-state index is 0.375. The first-order valence-electron chi connectivity index (χ1n) is 6.19. The predicted molar refractivity (Wildman–Crippen MR) is 75.6 cm³/mol. The van der Waals surface area contributed by atoms with Crippen molar-refractivity contribution in [2.45, 2.75) is 33.0 Å². The highest BCUT2D eigenvalue weighted by Crippen LogP contribution is 2.05. The van der Waals surface area contributed by atoms with Crippen LogP contribution < -0.4 is 10.6 Å². The van der Waals surface area contributed by atoms with Crippen LogP contribution in [-0.2, 0) is 17.9 Å². The lowest BCUT2D eigenvalue weighted by Gasteiger charge is -2.14. The molecule has 0 aromatic heterocycles. The van der Waals surface area contributed by atoms with Gasteiger partial charge in [0.15, 0.2) is 5.96 Å². The van der Waals surface area contributed by atoms with Crippen LogP contribution in [0.4, 0.5) is 0 Å². The molecular formula is C14H23N3O. The van der Waals surface area contributed by atoms with Crippen LogP contribution in [0.1, 0.15) is 25.0 Å². The summed E-state index contributed by atoms with van der Waals surface area (Å²) in [6, 6.07) is 8.74. The average molecular weight is 249 g/mol. The van der Waals surface area contributed by atoms with Crippen molar-refractivity contribution in [2.75, 3.05) is 14.2 Å². The molecule has 4 nitrogen and oxygen atoms in total. The van der Waals surface area contributed by atoms with Crippen molar-refractivity contribution in [1.29, 1.82) is 0 Å². The van der Waals surface area contributed by atoms with E-state index in [1.165, 1.54) is 11.1 Å². The maximum Gasteiger partial charge on any atom is 0.191 e. The number of nitrogens with one attached hydrogen (secondary N) is 2. The monoisotopic (exact) mass is 249 g/mol. The lowest BCUT2D eigenvalue weighted by atomic mass is 10.1. The summed E-state index contributed by atoms with van der Waals surface area (Å²) in [5, 5.41) is 6.53. The summed E-state index contributed by atoms with van der Waals surface area (Å²) < 4.78 is 5.08. The number of nitrogens with zero attached hydrogens (tertiary/aromatic N) is 1. The van der Waals surface area contributed by atoms with Gasteiger partial charge in [-0.15, -0.1) is 0 Å². The zero-order chi connectivity index (χ0) is 13.4. The van der Waals surface area contributed by atoms with E-state index in [1.807, 2.05) is 0 Å². The number of benzene rings is 1. The molecule has 0 spiro atoms. The summed E-state index contributed by atoms with van der Waals surface area (Å²) in [4.78, 5) is 4.16. The molecule has 1 aromatic rings. The smallest absolute Gasteiger partial charge is 0.191 e. The fourth-order valence-corrected chi connectivity index (χ4v) is 1.57. The Balaban J connectivity index is 2.47. The third-order valence-electron chi connectivity index (χ3n) is 2.44. The zero-order valence-electron chi connectivity index (χ0n) is 11.7. The van der Waals surface area contributed by atoms with E-state index < -0.39 is 0 Å². The molecule has 0 aliphatic rings. The Morgan fingerprint density at radius 2 is 1.83 bits per heavy atom. The van der Waals surface area contributed by atoms with Gasteiger partial charge >= 0.3 is 0 Å². The quantitative estimate of drug-likeness (QED) is 0.619. The van der Waals surface area contributed by atoms with E-state index in [9.17, 15) is 0 Å². The van der Waals surface area contributed by atoms with E-state index in [-0.39, 0.29) is 0 Å². The van der Waals surface area contributed by atoms with Gasteiger partial charge in [0.1, 0.15) is 0 Å². The second-order valence-electron chi connectivity index (χ2n) is 4.47. The number of rotatable bonds is 5. The first-order chi connectivity index (χ1) is 8.65. The van der Waals surface area contributed by atoms with Gasteiger partial charge in [-0.3, -0.25) is 4.99 Å². The molecular weight excluding hydrogens is 226 g/mol. The molecule has 0 saturated heterocycles. The molecule has 0 aliphatic carbocycles. The van der Waals surface area contributed by atoms with Gasteiger partial charge in [-0.2, -0.15) is 0 Å². The fourth-order valence-electron chi connectivity index (χ4n) is 1.57. The third kappa shape index (κ3) is 5.19. The summed E-state index contributed by atoms with van der Waals surface area (Å²) in [6.07, 6.45) is 0. The number of guanidine groups is 1. The SMILES string of the molecule is CN=C(NCc1ccc(COC)cc1)NC(C)C. The van der Waals surface area contributed by atoms with Crippen molar-refractivity contribution >= 4 is 5.96 Å². The van der Waals surface area contributed by atoms with Gasteiger partial charge in [0, 0.05) is 26.7 Å². The highest BCUT2D eigenvalue weighted by Gasteiger charge is 2.00. The minimum absolute atomic E-state index is 0.375. The van der Waals surface area contributed by atoms with Crippen molar-refractivity contribution in [3.63, 3.8) is 0 Å². The molecule has 1 rings (SSSR count). The van der Waals surface area contributed by atoms with Gasteiger partial charge in [-0.05, 0) is 25.0 Å². The highest BCUT2D eigenvalue weighted by molar-refractivity contribution is 5.79. The van der Waals surface area contributed by atoms with Crippen molar-refractivity contribution < 1.29 is 4.74 Å². The van der Waals surface area contributed by atoms with E-state index in [2.05, 4.69) is 53.7 Å². The highest BCUT2D eigenvalue weighted by atomic mass is 16.5. The molecule has 0 aliphatic heterocycles. The third-order valence-corrected chi connectivity index (χ3v) is 2.44. The van der Waals surface area contributed by atoms with Gasteiger partial charge in [-0.1, -0.05) is 24.3 Å². The molecule has 18 heavy (non-hydrogen) atoms. The normalized spacial score (nSPS) is 11.7. The molecule has 0 amide bonds. The Bertz CT molecular complexity index is 371. The summed E-state index contributed by atoms with van der Waals surface area (Å²) in [7, 11) is 3.48.